The number of benzene rings is 3. The lowest BCUT2D eigenvalue weighted by Crippen LogP contribution is -2.38. The molecular formula is C33H29F4N3O6S2. The Labute approximate surface area is 282 Å². The molecule has 48 heavy (non-hydrogen) atoms. The molecule has 2 aliphatic rings. The van der Waals surface area contributed by atoms with E-state index in [0.717, 1.165) is 49.1 Å². The third-order valence-electron chi connectivity index (χ3n) is 7.51. The molecule has 3 aromatic rings. The van der Waals surface area contributed by atoms with Gasteiger partial charge in [0.2, 0.25) is 5.91 Å². The molecule has 2 N–H and O–H groups in total. The molecule has 2 amide bonds. The van der Waals surface area contributed by atoms with E-state index in [4.69, 9.17) is 26.8 Å². The van der Waals surface area contributed by atoms with Crippen LogP contribution in [0.25, 0.3) is 17.2 Å². The maximum atomic E-state index is 14.0. The summed E-state index contributed by atoms with van der Waals surface area (Å²) in [5.41, 5.74) is -0.0159. The van der Waals surface area contributed by atoms with Gasteiger partial charge in [-0.25, -0.2) is 9.18 Å². The average Bonchev–Trinajstić information content (AvgIpc) is 3.31. The van der Waals surface area contributed by atoms with E-state index < -0.39 is 40.9 Å². The lowest BCUT2D eigenvalue weighted by atomic mass is 10.00. The van der Waals surface area contributed by atoms with E-state index >= 15 is 0 Å². The summed E-state index contributed by atoms with van der Waals surface area (Å²) in [7, 11) is 0. The molecular weight excluding hydrogens is 675 g/mol. The van der Waals surface area contributed by atoms with Gasteiger partial charge in [0.05, 0.1) is 29.2 Å². The van der Waals surface area contributed by atoms with Crippen molar-refractivity contribution in [2.75, 3.05) is 51.3 Å². The number of thioether (sulfide) groups is 1. The Hall–Kier alpha value is -4.31. The lowest BCUT2D eigenvalue weighted by molar-refractivity contribution is -0.137. The fourth-order valence-electron chi connectivity index (χ4n) is 4.99. The Bertz CT molecular complexity index is 1760. The van der Waals surface area contributed by atoms with Crippen LogP contribution in [0.5, 0.6) is 5.75 Å². The van der Waals surface area contributed by atoms with Crippen molar-refractivity contribution < 1.29 is 46.5 Å². The minimum absolute atomic E-state index is 0.0505. The first-order chi connectivity index (χ1) is 22.9. The number of nitrogens with one attached hydrogen (secondary N) is 1. The molecule has 0 unspecified atom stereocenters. The molecule has 9 nitrogen and oxygen atoms in total. The van der Waals surface area contributed by atoms with Crippen LogP contribution in [0.4, 0.5) is 23.2 Å². The summed E-state index contributed by atoms with van der Waals surface area (Å²) in [5, 5.41) is 11.4. The second kappa shape index (κ2) is 15.3. The number of morpholine rings is 1. The Morgan fingerprint density at radius 3 is 2.50 bits per heavy atom. The molecule has 0 spiro atoms. The summed E-state index contributed by atoms with van der Waals surface area (Å²) in [5.74, 6) is -3.06. The first-order valence-corrected chi connectivity index (χ1v) is 15.9. The number of halogens is 4. The molecule has 15 heteroatoms. The Morgan fingerprint density at radius 1 is 1.04 bits per heavy atom. The van der Waals surface area contributed by atoms with Gasteiger partial charge in [0.1, 0.15) is 22.5 Å². The monoisotopic (exact) mass is 703 g/mol. The number of hydrogen-bond donors (Lipinski definition) is 2. The van der Waals surface area contributed by atoms with Crippen molar-refractivity contribution in [3.8, 4) is 16.9 Å². The molecule has 0 saturated carbocycles. The maximum Gasteiger partial charge on any atom is 0.416 e. The molecule has 0 bridgehead atoms. The van der Waals surface area contributed by atoms with Crippen LogP contribution in [-0.4, -0.2) is 83.0 Å². The van der Waals surface area contributed by atoms with E-state index in [1.165, 1.54) is 17.0 Å². The summed E-state index contributed by atoms with van der Waals surface area (Å²) < 4.78 is 65.9. The third-order valence-corrected chi connectivity index (χ3v) is 8.89. The number of rotatable bonds is 11. The van der Waals surface area contributed by atoms with Gasteiger partial charge in [0.15, 0.2) is 0 Å². The molecule has 2 aliphatic heterocycles. The van der Waals surface area contributed by atoms with E-state index in [-0.39, 0.29) is 27.9 Å². The molecule has 3 aromatic carbocycles. The summed E-state index contributed by atoms with van der Waals surface area (Å²) in [6, 6.07) is 13.1. The molecule has 252 valence electrons. The zero-order valence-corrected chi connectivity index (χ0v) is 26.9. The molecule has 0 radical (unpaired) electrons. The first-order valence-electron chi connectivity index (χ1n) is 14.7. The van der Waals surface area contributed by atoms with Crippen molar-refractivity contribution in [2.24, 2.45) is 0 Å². The largest absolute Gasteiger partial charge is 0.492 e. The number of anilines is 1. The predicted molar refractivity (Wildman–Crippen MR) is 176 cm³/mol. The molecule has 2 heterocycles. The smallest absolute Gasteiger partial charge is 0.416 e. The summed E-state index contributed by atoms with van der Waals surface area (Å²) in [4.78, 5) is 40.6. The zero-order chi connectivity index (χ0) is 34.4. The van der Waals surface area contributed by atoms with Gasteiger partial charge in [-0.1, -0.05) is 42.2 Å². The summed E-state index contributed by atoms with van der Waals surface area (Å²) in [6.07, 6.45) is -3.15. The highest BCUT2D eigenvalue weighted by molar-refractivity contribution is 8.26. The van der Waals surface area contributed by atoms with E-state index in [2.05, 4.69) is 10.2 Å². The normalized spacial score (nSPS) is 16.4. The van der Waals surface area contributed by atoms with Gasteiger partial charge in [0.25, 0.3) is 5.91 Å². The Kier molecular flexibility index (Phi) is 11.1. The third kappa shape index (κ3) is 8.78. The van der Waals surface area contributed by atoms with Gasteiger partial charge >= 0.3 is 12.1 Å². The predicted octanol–water partition coefficient (Wildman–Crippen LogP) is 6.15. The van der Waals surface area contributed by atoms with Crippen LogP contribution in [0.2, 0.25) is 0 Å². The number of alkyl halides is 3. The van der Waals surface area contributed by atoms with E-state index in [9.17, 15) is 31.9 Å². The van der Waals surface area contributed by atoms with Gasteiger partial charge < -0.3 is 19.9 Å². The van der Waals surface area contributed by atoms with Crippen LogP contribution in [0, 0.1) is 5.82 Å². The fourth-order valence-corrected chi connectivity index (χ4v) is 6.29. The number of thiocarbonyl (C=S) groups is 1. The van der Waals surface area contributed by atoms with Gasteiger partial charge in [-0.05, 0) is 59.7 Å². The lowest BCUT2D eigenvalue weighted by Gasteiger charge is -2.26. The van der Waals surface area contributed by atoms with Crippen molar-refractivity contribution in [3.05, 3.63) is 88.1 Å². The molecule has 0 aliphatic carbocycles. The number of nitrogens with zero attached hydrogens (tertiary/aromatic N) is 2. The number of carboxylic acid groups (broad SMARTS) is 1. The van der Waals surface area contributed by atoms with Crippen LogP contribution in [0.3, 0.4) is 0 Å². The van der Waals surface area contributed by atoms with Crippen molar-refractivity contribution in [1.82, 2.24) is 9.80 Å². The quantitative estimate of drug-likeness (QED) is 0.138. The highest BCUT2D eigenvalue weighted by Crippen LogP contribution is 2.37. The van der Waals surface area contributed by atoms with Crippen molar-refractivity contribution in [3.63, 3.8) is 0 Å². The maximum absolute atomic E-state index is 14.0. The van der Waals surface area contributed by atoms with Gasteiger partial charge in [-0.15, -0.1) is 0 Å². The van der Waals surface area contributed by atoms with Gasteiger partial charge in [-0.3, -0.25) is 19.4 Å². The van der Waals surface area contributed by atoms with Crippen molar-refractivity contribution >= 4 is 57.8 Å². The minimum atomic E-state index is -4.52. The fraction of sp³-hybridized carbons (Fsp3) is 0.273. The first kappa shape index (κ1) is 35.0. The standard InChI is InChI=1S/C33H29F4N3O6S2/c34-26-19-24(5-6-25(26)31(43)44)38-29(41)8-9-40-30(42)28(48-32(40)47)18-22-16-21(20-2-1-3-23(17-20)33(35,36)37)4-7-27(22)46-15-12-39-10-13-45-14-11-39/h1-7,16-19H,8-15H2,(H,38,41)(H,43,44)/b28-18-. The number of amides is 2. The second-order valence-corrected chi connectivity index (χ2v) is 12.4. The number of carbonyl (C=O) groups is 3. The van der Waals surface area contributed by atoms with Crippen LogP contribution >= 0.6 is 24.0 Å². The number of carbonyl (C=O) groups excluding carboxylic acids is 2. The number of ether oxygens (including phenoxy) is 2. The number of hydrogen-bond acceptors (Lipinski definition) is 8. The molecule has 0 aromatic heterocycles. The van der Waals surface area contributed by atoms with Gasteiger partial charge in [-0.2, -0.15) is 13.2 Å². The van der Waals surface area contributed by atoms with Crippen LogP contribution in [0.1, 0.15) is 27.9 Å². The molecule has 0 atom stereocenters. The molecule has 2 fully saturated rings. The van der Waals surface area contributed by atoms with E-state index in [1.807, 2.05) is 0 Å². The van der Waals surface area contributed by atoms with Gasteiger partial charge in [0, 0.05) is 43.9 Å². The van der Waals surface area contributed by atoms with Crippen molar-refractivity contribution in [2.45, 2.75) is 12.6 Å². The Balaban J connectivity index is 1.32. The summed E-state index contributed by atoms with van der Waals surface area (Å²) in [6.45, 7) is 3.63. The minimum Gasteiger partial charge on any atom is -0.492 e. The zero-order valence-electron chi connectivity index (χ0n) is 25.2. The van der Waals surface area contributed by atoms with E-state index in [1.54, 1.807) is 30.3 Å². The number of aromatic carboxylic acids is 1. The molecule has 2 saturated heterocycles. The van der Waals surface area contributed by atoms with Crippen molar-refractivity contribution in [1.29, 1.82) is 0 Å². The topological polar surface area (TPSA) is 108 Å². The summed E-state index contributed by atoms with van der Waals surface area (Å²) >= 11 is 6.42. The number of carboxylic acids is 1. The SMILES string of the molecule is O=C(CCN1C(=O)/C(=C/c2cc(-c3cccc(C(F)(F)F)c3)ccc2OCCN2CCOCC2)SC1=S)Nc1ccc(C(=O)O)c(F)c1. The highest BCUT2D eigenvalue weighted by Gasteiger charge is 2.33. The van der Waals surface area contributed by atoms with E-state index in [0.29, 0.717) is 48.8 Å². The van der Waals surface area contributed by atoms with Crippen LogP contribution in [0.15, 0.2) is 65.6 Å². The van der Waals surface area contributed by atoms with Crippen LogP contribution in [-0.2, 0) is 20.5 Å². The highest BCUT2D eigenvalue weighted by atomic mass is 32.2. The second-order valence-electron chi connectivity index (χ2n) is 10.8. The average molecular weight is 704 g/mol. The Morgan fingerprint density at radius 2 is 1.79 bits per heavy atom. The van der Waals surface area contributed by atoms with Crippen LogP contribution < -0.4 is 10.1 Å². The molecule has 5 rings (SSSR count).